The van der Waals surface area contributed by atoms with Gasteiger partial charge in [0.15, 0.2) is 0 Å². The lowest BCUT2D eigenvalue weighted by Gasteiger charge is -2.36. The number of thiophene rings is 1. The van der Waals surface area contributed by atoms with Crippen molar-refractivity contribution in [3.63, 3.8) is 0 Å². The van der Waals surface area contributed by atoms with Crippen LogP contribution in [0.25, 0.3) is 11.1 Å². The summed E-state index contributed by atoms with van der Waals surface area (Å²) in [5.74, 6) is 4.07. The number of para-hydroxylation sites is 1. The predicted molar refractivity (Wildman–Crippen MR) is 573 cm³/mol. The van der Waals surface area contributed by atoms with Gasteiger partial charge in [-0.1, -0.05) is 268 Å². The van der Waals surface area contributed by atoms with E-state index in [0.29, 0.717) is 60.4 Å². The number of likely N-dealkylation sites (N-methyl/N-ethyl adjacent to an activating group) is 6. The van der Waals surface area contributed by atoms with Crippen molar-refractivity contribution in [3.8, 4) is 16.9 Å². The third-order valence-corrected chi connectivity index (χ3v) is 25.2. The van der Waals surface area contributed by atoms with Gasteiger partial charge in [-0.25, -0.2) is 4.39 Å². The highest BCUT2D eigenvalue weighted by Crippen LogP contribution is 2.36. The van der Waals surface area contributed by atoms with Crippen LogP contribution in [0.2, 0.25) is 0 Å². The first-order valence-electron chi connectivity index (χ1n) is 49.4. The summed E-state index contributed by atoms with van der Waals surface area (Å²) in [6.45, 7) is 50.9. The summed E-state index contributed by atoms with van der Waals surface area (Å²) in [5, 5.41) is 5.32. The zero-order chi connectivity index (χ0) is 96.9. The van der Waals surface area contributed by atoms with E-state index in [1.54, 1.807) is 12.1 Å². The molecule has 726 valence electrons. The Hall–Kier alpha value is -8.04. The van der Waals surface area contributed by atoms with Crippen molar-refractivity contribution in [2.45, 2.75) is 206 Å². The van der Waals surface area contributed by atoms with Gasteiger partial charge in [-0.05, 0) is 310 Å². The molecule has 0 saturated carbocycles. The quantitative estimate of drug-likeness (QED) is 0.0395. The van der Waals surface area contributed by atoms with Crippen molar-refractivity contribution in [2.24, 2.45) is 29.6 Å². The van der Waals surface area contributed by atoms with Crippen molar-refractivity contribution in [2.75, 3.05) is 149 Å². The molecule has 1 saturated heterocycles. The first kappa shape index (κ1) is 112. The van der Waals surface area contributed by atoms with Crippen molar-refractivity contribution in [1.82, 2.24) is 54.3 Å². The highest BCUT2D eigenvalue weighted by molar-refractivity contribution is 9.10. The van der Waals surface area contributed by atoms with Gasteiger partial charge in [0.2, 0.25) is 0 Å². The number of likely N-dealkylation sites (tertiary alicyclic amines) is 1. The van der Waals surface area contributed by atoms with Gasteiger partial charge in [-0.15, -0.1) is 11.3 Å². The van der Waals surface area contributed by atoms with Gasteiger partial charge in [0, 0.05) is 144 Å². The maximum Gasteiger partial charge on any atom is 0.251 e. The third kappa shape index (κ3) is 44.3. The first-order valence-corrected chi connectivity index (χ1v) is 51.1. The van der Waals surface area contributed by atoms with Crippen molar-refractivity contribution in [1.29, 1.82) is 0 Å². The summed E-state index contributed by atoms with van der Waals surface area (Å²) in [6, 6.07) is 78.1. The molecular formula is C117H171BrFN11O2S. The Morgan fingerprint density at radius 1 is 0.444 bits per heavy atom. The molecule has 0 spiro atoms. The van der Waals surface area contributed by atoms with Crippen LogP contribution >= 0.6 is 27.3 Å². The Labute approximate surface area is 820 Å². The van der Waals surface area contributed by atoms with Crippen LogP contribution in [0.4, 0.5) is 4.39 Å². The molecule has 0 unspecified atom stereocenters. The topological polar surface area (TPSA) is 70.7 Å². The van der Waals surface area contributed by atoms with Crippen LogP contribution in [-0.2, 0) is 84.5 Å². The maximum atomic E-state index is 13.5. The normalized spacial score (nSPS) is 13.0. The van der Waals surface area contributed by atoms with Gasteiger partial charge < -0.3 is 34.6 Å². The predicted octanol–water partition coefficient (Wildman–Crippen LogP) is 24.5. The molecule has 0 bridgehead atoms. The van der Waals surface area contributed by atoms with Crippen LogP contribution in [0, 0.1) is 49.3 Å². The number of aryl methyl sites for hydroxylation is 2. The molecule has 2 heterocycles. The SMILES string of the molecule is CC(C)Cc1cccc(CN(CCN(C)C)Cc2ccc(Br)cc2)c1.CC(C)Cc1cccc(CN(CCN(C)C)Cc2cccc(F)c2)c1.CC(C)Cc1cccc(CN(CCN(C)C)Cc2cccs2)c1.CCOc1c(CC(C)C)cccc1-c1cccc(C(=O)NC[C@@H]2CCCN2CC)c1.Cc1cccc(C)c1CN(Cc1cccc(CC(C)C)c1)C(CN(C)C)CN(C)C. The monoisotopic (exact) mass is 1890 g/mol. The third-order valence-electron chi connectivity index (χ3n) is 23.8. The molecule has 11 rings (SSSR count). The molecule has 0 radical (unpaired) electrons. The van der Waals surface area contributed by atoms with E-state index in [1.165, 1.54) is 89.7 Å². The molecule has 1 N–H and O–H groups in total. The van der Waals surface area contributed by atoms with Gasteiger partial charge >= 0.3 is 0 Å². The number of amides is 1. The molecular weight excluding hydrogens is 1720 g/mol. The lowest BCUT2D eigenvalue weighted by Crippen LogP contribution is -2.47. The van der Waals surface area contributed by atoms with Crippen LogP contribution in [0.15, 0.2) is 228 Å². The molecule has 1 aliphatic heterocycles. The second-order valence-corrected chi connectivity index (χ2v) is 42.5. The summed E-state index contributed by atoms with van der Waals surface area (Å²) < 4.78 is 20.7. The van der Waals surface area contributed by atoms with Crippen LogP contribution < -0.4 is 10.1 Å². The molecule has 10 aromatic rings. The van der Waals surface area contributed by atoms with Gasteiger partial charge in [-0.2, -0.15) is 0 Å². The minimum atomic E-state index is -0.163. The lowest BCUT2D eigenvalue weighted by atomic mass is 9.95. The second kappa shape index (κ2) is 60.5. The van der Waals surface area contributed by atoms with E-state index in [4.69, 9.17) is 4.74 Å². The zero-order valence-electron chi connectivity index (χ0n) is 86.4. The smallest absolute Gasteiger partial charge is 0.251 e. The Balaban J connectivity index is 0.000000228. The largest absolute Gasteiger partial charge is 0.493 e. The summed E-state index contributed by atoms with van der Waals surface area (Å²) in [5.41, 5.74) is 22.0. The number of carbonyl (C=O) groups is 1. The zero-order valence-corrected chi connectivity index (χ0v) is 88.9. The molecule has 1 fully saturated rings. The molecule has 9 aromatic carbocycles. The summed E-state index contributed by atoms with van der Waals surface area (Å²) >= 11 is 5.37. The van der Waals surface area contributed by atoms with Gasteiger partial charge in [-0.3, -0.25) is 29.3 Å². The Morgan fingerprint density at radius 3 is 1.29 bits per heavy atom. The van der Waals surface area contributed by atoms with Crippen molar-refractivity contribution >= 4 is 33.2 Å². The van der Waals surface area contributed by atoms with Crippen LogP contribution in [0.1, 0.15) is 189 Å². The van der Waals surface area contributed by atoms with Gasteiger partial charge in [0.1, 0.15) is 11.6 Å². The van der Waals surface area contributed by atoms with Gasteiger partial charge in [0.25, 0.3) is 5.91 Å². The number of hydrogen-bond acceptors (Lipinski definition) is 13. The molecule has 1 aromatic heterocycles. The summed E-state index contributed by atoms with van der Waals surface area (Å²) in [7, 11) is 21.5. The Morgan fingerprint density at radius 2 is 0.865 bits per heavy atom. The molecule has 16 heteroatoms. The van der Waals surface area contributed by atoms with E-state index in [-0.39, 0.29) is 11.7 Å². The van der Waals surface area contributed by atoms with Crippen LogP contribution in [-0.4, -0.2) is 216 Å². The summed E-state index contributed by atoms with van der Waals surface area (Å²) in [6.07, 6.45) is 7.91. The average molecular weight is 1890 g/mol. The molecule has 0 aliphatic carbocycles. The fourth-order valence-corrected chi connectivity index (χ4v) is 18.5. The molecule has 13 nitrogen and oxygen atoms in total. The minimum Gasteiger partial charge on any atom is -0.493 e. The van der Waals surface area contributed by atoms with E-state index in [0.717, 1.165) is 183 Å². The number of nitrogens with zero attached hydrogens (tertiary/aromatic N) is 10. The van der Waals surface area contributed by atoms with Crippen molar-refractivity contribution in [3.05, 3.63) is 322 Å². The number of carbonyl (C=O) groups excluding carboxylic acids is 1. The summed E-state index contributed by atoms with van der Waals surface area (Å²) in [4.78, 5) is 38.3. The average Bonchev–Trinajstić information content (AvgIpc) is 0.834. The van der Waals surface area contributed by atoms with Crippen LogP contribution in [0.3, 0.4) is 0 Å². The standard InChI is InChI=1S/C27H43N3.C26H36N2O2.C22H31BrN2.C22H31FN2.C20H30N2S/c1-21(2)15-24-13-10-14-25(16-24)17-30(26(18-28(5)6)19-29(7)8)20-27-22(3)11-9-12-23(27)4;1-5-28-15-9-13-23(28)18-27-26(29)22-12-7-10-20(17-22)24-14-8-11-21(16-19(3)4)25(24)30-6-2;1-18(2)14-20-6-5-7-21(15-20)17-25(13-12-24(3)4)16-19-8-10-22(23)11-9-19;1-18(2)13-19-7-5-8-20(14-19)16-25(12-11-24(3)4)17-21-9-6-10-22(23)15-21;1-17(2)13-18-7-5-8-19(14-18)15-22(11-10-21(3)4)16-20-9-6-12-23-20/h9-14,16,21,26H,15,17-20H2,1-8H3;7-8,10-12,14,17,19,23H,5-6,9,13,15-16,18H2,1-4H3,(H,27,29);5-11,15,18H,12-14,16-17H2,1-4H3;5-10,14-15,18H,11-13,16-17H2,1-4H3;5-9,12,14,17H,10-11,13,15-16H2,1-4H3/t;23-;;;/m.0.../s1. The Bertz CT molecular complexity index is 4860. The highest BCUT2D eigenvalue weighted by Gasteiger charge is 2.26. The van der Waals surface area contributed by atoms with E-state index < -0.39 is 0 Å². The minimum absolute atomic E-state index is 0.00361. The fraction of sp³-hybridized carbons (Fsp3) is 0.496. The van der Waals surface area contributed by atoms with E-state index in [1.807, 2.05) is 42.5 Å². The number of benzene rings is 9. The molecule has 1 aliphatic rings. The molecule has 1 amide bonds. The van der Waals surface area contributed by atoms with Gasteiger partial charge in [0.05, 0.1) is 6.61 Å². The number of halogens is 2. The molecule has 1 atom stereocenters. The van der Waals surface area contributed by atoms with E-state index >= 15 is 0 Å². The van der Waals surface area contributed by atoms with Crippen molar-refractivity contribution < 1.29 is 13.9 Å². The Kier molecular flexibility index (Phi) is 51.0. The lowest BCUT2D eigenvalue weighted by molar-refractivity contribution is 0.0941. The first-order chi connectivity index (χ1) is 63.5. The molecule has 133 heavy (non-hydrogen) atoms. The van der Waals surface area contributed by atoms with E-state index in [9.17, 15) is 9.18 Å². The number of hydrogen-bond donors (Lipinski definition) is 1. The maximum absolute atomic E-state index is 13.5. The number of ether oxygens (including phenoxy) is 1. The second-order valence-electron chi connectivity index (χ2n) is 40.5. The van der Waals surface area contributed by atoms with E-state index in [2.05, 4.69) is 412 Å². The van der Waals surface area contributed by atoms with Crippen LogP contribution in [0.5, 0.6) is 5.75 Å². The number of rotatable bonds is 47. The number of nitrogens with one attached hydrogen (secondary N) is 1. The highest BCUT2D eigenvalue weighted by atomic mass is 79.9. The fourth-order valence-electron chi connectivity index (χ4n) is 17.5.